The van der Waals surface area contributed by atoms with Gasteiger partial charge in [0, 0.05) is 46.6 Å². The van der Waals surface area contributed by atoms with E-state index in [9.17, 15) is 19.2 Å². The van der Waals surface area contributed by atoms with Crippen molar-refractivity contribution in [3.63, 3.8) is 0 Å². The number of imide groups is 2. The van der Waals surface area contributed by atoms with Crippen LogP contribution >= 0.6 is 0 Å². The molecule has 2 heterocycles. The second kappa shape index (κ2) is 6.61. The summed E-state index contributed by atoms with van der Waals surface area (Å²) in [5, 5.41) is 6.54. The first kappa shape index (κ1) is 20.1. The molecule has 0 fully saturated rings. The zero-order valence-corrected chi connectivity index (χ0v) is 18.8. The Labute approximate surface area is 199 Å². The molecule has 0 spiro atoms. The van der Waals surface area contributed by atoms with E-state index >= 15 is 0 Å². The first-order valence-corrected chi connectivity index (χ1v) is 11.5. The Morgan fingerprint density at radius 3 is 1.31 bits per heavy atom. The highest BCUT2D eigenvalue weighted by Gasteiger charge is 2.35. The summed E-state index contributed by atoms with van der Waals surface area (Å²) >= 11 is 0. The molecule has 2 aliphatic rings. The van der Waals surface area contributed by atoms with Gasteiger partial charge in [-0.05, 0) is 69.5 Å². The molecule has 2 N–H and O–H groups in total. The maximum Gasteiger partial charge on any atom is 0.261 e. The van der Waals surface area contributed by atoms with Crippen molar-refractivity contribution in [3.05, 3.63) is 70.8 Å². The van der Waals surface area contributed by atoms with Gasteiger partial charge in [-0.15, -0.1) is 0 Å². The van der Waals surface area contributed by atoms with Crippen molar-refractivity contribution in [2.75, 3.05) is 20.1 Å². The molecule has 5 aromatic carbocycles. The van der Waals surface area contributed by atoms with Gasteiger partial charge in [-0.25, -0.2) is 0 Å². The second-order valence-corrected chi connectivity index (χ2v) is 9.22. The molecular weight excluding hydrogens is 442 g/mol. The van der Waals surface area contributed by atoms with Crippen LogP contribution < -0.4 is 5.73 Å². The Bertz CT molecular complexity index is 1720. The maximum atomic E-state index is 13.3. The summed E-state index contributed by atoms with van der Waals surface area (Å²) in [7, 11) is 1.50. The van der Waals surface area contributed by atoms with Gasteiger partial charge < -0.3 is 5.73 Å². The molecule has 7 rings (SSSR count). The van der Waals surface area contributed by atoms with Crippen LogP contribution in [-0.4, -0.2) is 53.6 Å². The van der Waals surface area contributed by atoms with Gasteiger partial charge in [-0.1, -0.05) is 24.3 Å². The van der Waals surface area contributed by atoms with E-state index in [4.69, 9.17) is 5.73 Å². The van der Waals surface area contributed by atoms with Crippen molar-refractivity contribution < 1.29 is 19.2 Å². The normalized spacial score (nSPS) is 15.6. The number of carbonyl (C=O) groups excluding carboxylic acids is 4. The fourth-order valence-corrected chi connectivity index (χ4v) is 5.89. The van der Waals surface area contributed by atoms with Crippen molar-refractivity contribution in [1.29, 1.82) is 0 Å². The van der Waals surface area contributed by atoms with Crippen LogP contribution in [0.5, 0.6) is 0 Å². The van der Waals surface area contributed by atoms with Gasteiger partial charge >= 0.3 is 0 Å². The van der Waals surface area contributed by atoms with E-state index in [0.717, 1.165) is 37.2 Å². The fourth-order valence-electron chi connectivity index (χ4n) is 5.89. The molecule has 0 saturated carbocycles. The van der Waals surface area contributed by atoms with Gasteiger partial charge in [0.25, 0.3) is 23.6 Å². The Morgan fingerprint density at radius 1 is 0.571 bits per heavy atom. The molecule has 0 radical (unpaired) electrons. The van der Waals surface area contributed by atoms with Crippen LogP contribution in [0.3, 0.4) is 0 Å². The topological polar surface area (TPSA) is 101 Å². The largest absolute Gasteiger partial charge is 0.330 e. The van der Waals surface area contributed by atoms with Crippen molar-refractivity contribution in [1.82, 2.24) is 9.80 Å². The number of carbonyl (C=O) groups is 4. The van der Waals surface area contributed by atoms with Crippen LogP contribution in [0.4, 0.5) is 0 Å². The Balaban J connectivity index is 1.64. The first-order valence-electron chi connectivity index (χ1n) is 11.5. The first-order chi connectivity index (χ1) is 16.9. The van der Waals surface area contributed by atoms with Crippen LogP contribution in [0.15, 0.2) is 48.5 Å². The smallest absolute Gasteiger partial charge is 0.261 e. The van der Waals surface area contributed by atoms with Crippen LogP contribution in [-0.2, 0) is 0 Å². The molecule has 0 aromatic heterocycles. The quantitative estimate of drug-likeness (QED) is 0.249. The molecule has 7 nitrogen and oxygen atoms in total. The minimum Gasteiger partial charge on any atom is -0.330 e. The number of nitrogens with two attached hydrogens (primary N) is 1. The van der Waals surface area contributed by atoms with E-state index in [0.29, 0.717) is 46.0 Å². The van der Waals surface area contributed by atoms with Gasteiger partial charge in [-0.2, -0.15) is 0 Å². The number of nitrogens with zero attached hydrogens (tertiary/aromatic N) is 2. The predicted octanol–water partition coefficient (Wildman–Crippen LogP) is 3.91. The molecule has 0 saturated heterocycles. The lowest BCUT2D eigenvalue weighted by Crippen LogP contribution is -2.41. The lowest BCUT2D eigenvalue weighted by Gasteiger charge is -2.29. The van der Waals surface area contributed by atoms with E-state index in [1.165, 1.54) is 11.9 Å². The van der Waals surface area contributed by atoms with E-state index in [1.807, 2.05) is 24.3 Å². The van der Waals surface area contributed by atoms with Gasteiger partial charge in [0.1, 0.15) is 0 Å². The van der Waals surface area contributed by atoms with Crippen LogP contribution in [0.1, 0.15) is 47.9 Å². The van der Waals surface area contributed by atoms with E-state index in [1.54, 1.807) is 24.3 Å². The third kappa shape index (κ3) is 2.28. The van der Waals surface area contributed by atoms with Gasteiger partial charge in [0.2, 0.25) is 0 Å². The molecule has 0 bridgehead atoms. The number of amides is 4. The molecule has 0 unspecified atom stereocenters. The minimum absolute atomic E-state index is 0.281. The van der Waals surface area contributed by atoms with Gasteiger partial charge in [0.05, 0.1) is 0 Å². The minimum atomic E-state index is -0.323. The SMILES string of the molecule is CN1C(=O)c2ccc3c4ccc5c6c(ccc(c7ccc(c2c37)C1=O)c64)C(=O)N(CCCN)C5=O. The summed E-state index contributed by atoms with van der Waals surface area (Å²) in [5.74, 6) is -1.27. The molecule has 170 valence electrons. The third-order valence-electron chi connectivity index (χ3n) is 7.51. The standard InChI is InChI=1S/C28H19N3O4/c1-30-25(32)17-7-3-13-15-5-9-19-24-20(28(35)31(27(19)34)12-2-11-29)10-6-16(22(15)24)14-4-8-18(26(30)33)23(17)21(13)14/h3-10H,2,11-12,29H2,1H3. The molecule has 0 aliphatic carbocycles. The summed E-state index contributed by atoms with van der Waals surface area (Å²) in [6, 6.07) is 14.7. The Kier molecular flexibility index (Phi) is 3.79. The molecule has 5 aromatic rings. The lowest BCUT2D eigenvalue weighted by molar-refractivity contribution is 0.0605. The average Bonchev–Trinajstić information content (AvgIpc) is 2.88. The number of fused-ring (bicyclic) bond motifs is 2. The van der Waals surface area contributed by atoms with Gasteiger partial charge in [-0.3, -0.25) is 29.0 Å². The van der Waals surface area contributed by atoms with Gasteiger partial charge in [0.15, 0.2) is 0 Å². The summed E-state index contributed by atoms with van der Waals surface area (Å²) < 4.78 is 0. The Hall–Kier alpha value is -4.36. The summed E-state index contributed by atoms with van der Waals surface area (Å²) in [6.07, 6.45) is 0.540. The summed E-state index contributed by atoms with van der Waals surface area (Å²) in [6.45, 7) is 0.672. The number of hydrogen-bond acceptors (Lipinski definition) is 5. The second-order valence-electron chi connectivity index (χ2n) is 9.22. The van der Waals surface area contributed by atoms with E-state index in [-0.39, 0.29) is 30.2 Å². The van der Waals surface area contributed by atoms with Crippen molar-refractivity contribution in [3.8, 4) is 0 Å². The predicted molar refractivity (Wildman–Crippen MR) is 133 cm³/mol. The van der Waals surface area contributed by atoms with Crippen molar-refractivity contribution in [2.24, 2.45) is 5.73 Å². The average molecular weight is 461 g/mol. The van der Waals surface area contributed by atoms with Crippen LogP contribution in [0.2, 0.25) is 0 Å². The van der Waals surface area contributed by atoms with Crippen LogP contribution in [0.25, 0.3) is 43.1 Å². The van der Waals surface area contributed by atoms with E-state index < -0.39 is 0 Å². The number of rotatable bonds is 3. The van der Waals surface area contributed by atoms with E-state index in [2.05, 4.69) is 0 Å². The molecule has 0 atom stereocenters. The zero-order chi connectivity index (χ0) is 24.2. The highest BCUT2D eigenvalue weighted by atomic mass is 16.2. The van der Waals surface area contributed by atoms with Crippen molar-refractivity contribution in [2.45, 2.75) is 6.42 Å². The summed E-state index contributed by atoms with van der Waals surface area (Å²) in [5.41, 5.74) is 7.61. The molecular formula is C28H19N3O4. The molecule has 2 aliphatic heterocycles. The zero-order valence-electron chi connectivity index (χ0n) is 18.8. The Morgan fingerprint density at radius 2 is 0.943 bits per heavy atom. The fraction of sp³-hybridized carbons (Fsp3) is 0.143. The highest BCUT2D eigenvalue weighted by Crippen LogP contribution is 2.46. The summed E-state index contributed by atoms with van der Waals surface area (Å²) in [4.78, 5) is 54.9. The third-order valence-corrected chi connectivity index (χ3v) is 7.51. The monoisotopic (exact) mass is 461 g/mol. The van der Waals surface area contributed by atoms with Crippen LogP contribution in [0, 0.1) is 0 Å². The lowest BCUT2D eigenvalue weighted by atomic mass is 9.82. The van der Waals surface area contributed by atoms with Crippen molar-refractivity contribution >= 4 is 66.7 Å². The molecule has 7 heteroatoms. The molecule has 4 amide bonds. The maximum absolute atomic E-state index is 13.3. The number of hydrogen-bond donors (Lipinski definition) is 1. The highest BCUT2D eigenvalue weighted by molar-refractivity contribution is 6.41. The number of benzene rings is 5. The molecule has 35 heavy (non-hydrogen) atoms.